The molecule has 2 aliphatic heterocycles. The number of amides is 1. The van der Waals surface area contributed by atoms with Crippen LogP contribution in [0.5, 0.6) is 5.75 Å². The number of carbonyl (C=O) groups excluding carboxylic acids is 1. The molecule has 2 saturated heterocycles. The summed E-state index contributed by atoms with van der Waals surface area (Å²) in [5.41, 5.74) is 1.12. The average molecular weight is 353 g/mol. The number of para-hydroxylation sites is 1. The number of hydrogen-bond donors (Lipinski definition) is 1. The van der Waals surface area contributed by atoms with E-state index in [4.69, 9.17) is 4.74 Å². The lowest BCUT2D eigenvalue weighted by Crippen LogP contribution is -2.33. The van der Waals surface area contributed by atoms with Crippen LogP contribution in [0.2, 0.25) is 0 Å². The van der Waals surface area contributed by atoms with Crippen LogP contribution in [-0.2, 0) is 4.79 Å². The molecule has 5 heteroatoms. The van der Waals surface area contributed by atoms with Gasteiger partial charge in [-0.25, -0.2) is 0 Å². The number of ether oxygens (including phenoxy) is 1. The van der Waals surface area contributed by atoms with Crippen LogP contribution in [0.4, 0.5) is 0 Å². The Labute approximate surface area is 151 Å². The van der Waals surface area contributed by atoms with Crippen molar-refractivity contribution in [1.29, 1.82) is 0 Å². The minimum absolute atomic E-state index is 0. The number of benzene rings is 1. The molecule has 1 unspecified atom stereocenters. The van der Waals surface area contributed by atoms with Crippen LogP contribution >= 0.6 is 12.4 Å². The first-order chi connectivity index (χ1) is 11.2. The van der Waals surface area contributed by atoms with Crippen LogP contribution in [0.1, 0.15) is 37.7 Å². The van der Waals surface area contributed by atoms with Crippen LogP contribution in [-0.4, -0.2) is 44.1 Å². The number of hydrogen-bond acceptors (Lipinski definition) is 3. The molecule has 3 rings (SSSR count). The third-order valence-corrected chi connectivity index (χ3v) is 5.52. The molecule has 0 radical (unpaired) electrons. The lowest BCUT2D eigenvalue weighted by atomic mass is 9.92. The molecule has 1 aromatic rings. The molecule has 0 saturated carbocycles. The number of halogens is 1. The first-order valence-corrected chi connectivity index (χ1v) is 8.80. The fraction of sp³-hybridized carbons (Fsp3) is 0.632. The maximum absolute atomic E-state index is 12.7. The monoisotopic (exact) mass is 352 g/mol. The molecule has 1 aromatic carbocycles. The van der Waals surface area contributed by atoms with Crippen molar-refractivity contribution >= 4 is 18.3 Å². The molecule has 4 nitrogen and oxygen atoms in total. The predicted octanol–water partition coefficient (Wildman–Crippen LogP) is 3.07. The van der Waals surface area contributed by atoms with Crippen molar-refractivity contribution in [2.75, 3.05) is 33.3 Å². The Bertz CT molecular complexity index is 538. The van der Waals surface area contributed by atoms with Crippen molar-refractivity contribution in [2.45, 2.75) is 32.1 Å². The van der Waals surface area contributed by atoms with Gasteiger partial charge in [0.25, 0.3) is 0 Å². The summed E-state index contributed by atoms with van der Waals surface area (Å²) < 4.78 is 5.43. The van der Waals surface area contributed by atoms with Gasteiger partial charge in [-0.15, -0.1) is 12.4 Å². The predicted molar refractivity (Wildman–Crippen MR) is 98.9 cm³/mol. The quantitative estimate of drug-likeness (QED) is 0.905. The van der Waals surface area contributed by atoms with E-state index in [1.54, 1.807) is 7.11 Å². The van der Waals surface area contributed by atoms with Crippen LogP contribution in [0, 0.1) is 11.8 Å². The van der Waals surface area contributed by atoms with E-state index in [2.05, 4.69) is 23.2 Å². The SMILES string of the molecule is COc1ccccc1C(C)CC(=O)N1CC[C@@H]2CNC[C@@H]2CC1.Cl. The Morgan fingerprint density at radius 2 is 1.88 bits per heavy atom. The molecule has 24 heavy (non-hydrogen) atoms. The smallest absolute Gasteiger partial charge is 0.223 e. The van der Waals surface area contributed by atoms with Crippen molar-refractivity contribution < 1.29 is 9.53 Å². The highest BCUT2D eigenvalue weighted by Crippen LogP contribution is 2.31. The minimum atomic E-state index is 0. The number of rotatable bonds is 4. The molecule has 2 heterocycles. The standard InChI is InChI=1S/C19H28N2O2.ClH/c1-14(17-5-3-4-6-18(17)23-2)11-19(22)21-9-7-15-12-20-13-16(15)8-10-21;/h3-6,14-16,20H,7-13H2,1-2H3;1H/t14?,15-,16+;. The fourth-order valence-electron chi connectivity index (χ4n) is 4.04. The van der Waals surface area contributed by atoms with Gasteiger partial charge in [0.15, 0.2) is 0 Å². The van der Waals surface area contributed by atoms with Crippen molar-refractivity contribution in [3.05, 3.63) is 29.8 Å². The Morgan fingerprint density at radius 1 is 1.25 bits per heavy atom. The first kappa shape index (κ1) is 19.1. The van der Waals surface area contributed by atoms with Gasteiger partial charge in [0.1, 0.15) is 5.75 Å². The van der Waals surface area contributed by atoms with Crippen molar-refractivity contribution in [2.24, 2.45) is 11.8 Å². The molecule has 0 aromatic heterocycles. The third-order valence-electron chi connectivity index (χ3n) is 5.52. The number of nitrogens with zero attached hydrogens (tertiary/aromatic N) is 1. The molecule has 134 valence electrons. The lowest BCUT2D eigenvalue weighted by Gasteiger charge is -2.23. The molecule has 1 amide bonds. The van der Waals surface area contributed by atoms with Crippen molar-refractivity contribution in [3.63, 3.8) is 0 Å². The van der Waals surface area contributed by atoms with Gasteiger partial charge in [-0.3, -0.25) is 4.79 Å². The van der Waals surface area contributed by atoms with E-state index in [0.717, 1.165) is 62.2 Å². The Kier molecular flexibility index (Phi) is 6.93. The number of carbonyl (C=O) groups is 1. The van der Waals surface area contributed by atoms with Crippen molar-refractivity contribution in [3.8, 4) is 5.75 Å². The average Bonchev–Trinajstić information content (AvgIpc) is 2.92. The van der Waals surface area contributed by atoms with E-state index >= 15 is 0 Å². The van der Waals surface area contributed by atoms with Gasteiger partial charge in [-0.05, 0) is 55.3 Å². The Morgan fingerprint density at radius 3 is 2.50 bits per heavy atom. The summed E-state index contributed by atoms with van der Waals surface area (Å²) in [6, 6.07) is 8.02. The van der Waals surface area contributed by atoms with Crippen LogP contribution in [0.15, 0.2) is 24.3 Å². The van der Waals surface area contributed by atoms with Gasteiger partial charge in [-0.2, -0.15) is 0 Å². The second kappa shape index (κ2) is 8.72. The van der Waals surface area contributed by atoms with E-state index in [1.165, 1.54) is 0 Å². The number of fused-ring (bicyclic) bond motifs is 1. The van der Waals surface area contributed by atoms with Crippen LogP contribution in [0.3, 0.4) is 0 Å². The molecule has 2 fully saturated rings. The summed E-state index contributed by atoms with van der Waals surface area (Å²) in [5, 5.41) is 3.49. The zero-order chi connectivity index (χ0) is 16.2. The van der Waals surface area contributed by atoms with E-state index in [0.29, 0.717) is 6.42 Å². The van der Waals surface area contributed by atoms with Gasteiger partial charge in [0, 0.05) is 19.5 Å². The van der Waals surface area contributed by atoms with Gasteiger partial charge < -0.3 is 15.0 Å². The Balaban J connectivity index is 0.00000208. The summed E-state index contributed by atoms with van der Waals surface area (Å²) in [4.78, 5) is 14.8. The van der Waals surface area contributed by atoms with E-state index in [-0.39, 0.29) is 24.2 Å². The molecule has 3 atom stereocenters. The second-order valence-corrected chi connectivity index (χ2v) is 6.98. The largest absolute Gasteiger partial charge is 0.496 e. The zero-order valence-electron chi connectivity index (χ0n) is 14.7. The normalized spacial score (nSPS) is 24.5. The van der Waals surface area contributed by atoms with Crippen LogP contribution < -0.4 is 10.1 Å². The van der Waals surface area contributed by atoms with Gasteiger partial charge in [0.05, 0.1) is 7.11 Å². The molecule has 1 N–H and O–H groups in total. The second-order valence-electron chi connectivity index (χ2n) is 6.98. The number of likely N-dealkylation sites (tertiary alicyclic amines) is 1. The van der Waals surface area contributed by atoms with E-state index < -0.39 is 0 Å². The van der Waals surface area contributed by atoms with E-state index in [9.17, 15) is 4.79 Å². The summed E-state index contributed by atoms with van der Waals surface area (Å²) in [6.07, 6.45) is 2.85. The number of nitrogens with one attached hydrogen (secondary N) is 1. The summed E-state index contributed by atoms with van der Waals surface area (Å²) >= 11 is 0. The van der Waals surface area contributed by atoms with E-state index in [1.807, 2.05) is 18.2 Å². The molecule has 2 aliphatic rings. The van der Waals surface area contributed by atoms with Crippen molar-refractivity contribution in [1.82, 2.24) is 10.2 Å². The maximum Gasteiger partial charge on any atom is 0.223 e. The summed E-state index contributed by atoms with van der Waals surface area (Å²) in [5.74, 6) is 2.88. The summed E-state index contributed by atoms with van der Waals surface area (Å²) in [7, 11) is 1.69. The molecule has 0 spiro atoms. The zero-order valence-corrected chi connectivity index (χ0v) is 15.5. The third kappa shape index (κ3) is 4.22. The highest BCUT2D eigenvalue weighted by molar-refractivity contribution is 5.85. The molecular formula is C19H29ClN2O2. The maximum atomic E-state index is 12.7. The van der Waals surface area contributed by atoms with Gasteiger partial charge >= 0.3 is 0 Å². The Hall–Kier alpha value is -1.26. The van der Waals surface area contributed by atoms with Crippen LogP contribution in [0.25, 0.3) is 0 Å². The van der Waals surface area contributed by atoms with Gasteiger partial charge in [-0.1, -0.05) is 25.1 Å². The lowest BCUT2D eigenvalue weighted by molar-refractivity contribution is -0.131. The topological polar surface area (TPSA) is 41.6 Å². The van der Waals surface area contributed by atoms with Gasteiger partial charge in [0.2, 0.25) is 5.91 Å². The highest BCUT2D eigenvalue weighted by atomic mass is 35.5. The fourth-order valence-corrected chi connectivity index (χ4v) is 4.04. The summed E-state index contributed by atoms with van der Waals surface area (Å²) in [6.45, 7) is 6.21. The molecule has 0 aliphatic carbocycles. The number of methoxy groups -OCH3 is 1. The minimum Gasteiger partial charge on any atom is -0.496 e. The highest BCUT2D eigenvalue weighted by Gasteiger charge is 2.31. The molecule has 0 bridgehead atoms. The first-order valence-electron chi connectivity index (χ1n) is 8.80. The molecular weight excluding hydrogens is 324 g/mol.